The van der Waals surface area contributed by atoms with Gasteiger partial charge in [0.25, 0.3) is 0 Å². The number of nitrogens with zero attached hydrogens (tertiary/aromatic N) is 1. The predicted molar refractivity (Wildman–Crippen MR) is 99.3 cm³/mol. The first-order valence-electron chi connectivity index (χ1n) is 7.48. The number of phenols is 1. The summed E-state index contributed by atoms with van der Waals surface area (Å²) in [5, 5.41) is 13.1. The molecule has 1 aliphatic heterocycles. The highest BCUT2D eigenvalue weighted by molar-refractivity contribution is 9.10. The normalized spacial score (nSPS) is 16.5. The third-order valence-electron chi connectivity index (χ3n) is 3.75. The molecule has 1 fully saturated rings. The van der Waals surface area contributed by atoms with Crippen LogP contribution in [0.4, 0.5) is 13.2 Å². The number of alkyl halides is 3. The molecular weight excluding hydrogens is 448 g/mol. The summed E-state index contributed by atoms with van der Waals surface area (Å²) in [4.78, 5) is 1.82. The van der Waals surface area contributed by atoms with Crippen LogP contribution in [-0.4, -0.2) is 49.0 Å². The van der Waals surface area contributed by atoms with Gasteiger partial charge in [0.05, 0.1) is 17.5 Å². The van der Waals surface area contributed by atoms with E-state index in [1.165, 1.54) is 12.1 Å². The standard InChI is InChI=1S/C15H20BrF3N2O2.2ClH/c1-2-23-13-8-10(7-11(16)14(13)22)12(9-15(17,18)19)21-5-3-20-4-6-21;;/h7-8,12,20,22H,2-6,9H2,1H3;2*1H/t12-;;/m1../s1. The molecule has 1 saturated heterocycles. The van der Waals surface area contributed by atoms with Gasteiger partial charge in [-0.15, -0.1) is 24.8 Å². The van der Waals surface area contributed by atoms with Crippen LogP contribution in [0, 0.1) is 0 Å². The number of halogens is 6. The van der Waals surface area contributed by atoms with Gasteiger partial charge in [-0.2, -0.15) is 13.2 Å². The molecule has 1 atom stereocenters. The second-order valence-electron chi connectivity index (χ2n) is 5.40. The molecule has 0 bridgehead atoms. The van der Waals surface area contributed by atoms with E-state index in [1.807, 2.05) is 4.90 Å². The minimum atomic E-state index is -4.27. The molecule has 1 aliphatic rings. The summed E-state index contributed by atoms with van der Waals surface area (Å²) in [5.74, 6) is 0.0980. The molecular formula is C15H22BrCl2F3N2O2. The van der Waals surface area contributed by atoms with Crippen molar-refractivity contribution < 1.29 is 23.0 Å². The molecule has 0 unspecified atom stereocenters. The lowest BCUT2D eigenvalue weighted by atomic mass is 10.00. The van der Waals surface area contributed by atoms with Crippen molar-refractivity contribution in [2.24, 2.45) is 0 Å². The van der Waals surface area contributed by atoms with E-state index in [9.17, 15) is 18.3 Å². The van der Waals surface area contributed by atoms with E-state index in [0.717, 1.165) is 0 Å². The van der Waals surface area contributed by atoms with Gasteiger partial charge in [0, 0.05) is 32.2 Å². The van der Waals surface area contributed by atoms with E-state index < -0.39 is 18.6 Å². The minimum Gasteiger partial charge on any atom is -0.503 e. The molecule has 0 saturated carbocycles. The minimum absolute atomic E-state index is 0. The van der Waals surface area contributed by atoms with Crippen LogP contribution in [0.25, 0.3) is 0 Å². The van der Waals surface area contributed by atoms with Crippen molar-refractivity contribution >= 4 is 40.7 Å². The topological polar surface area (TPSA) is 44.7 Å². The van der Waals surface area contributed by atoms with E-state index in [0.29, 0.717) is 42.8 Å². The van der Waals surface area contributed by atoms with Gasteiger partial charge in [-0.25, -0.2) is 0 Å². The quantitative estimate of drug-likeness (QED) is 0.674. The van der Waals surface area contributed by atoms with Crippen molar-refractivity contribution in [3.63, 3.8) is 0 Å². The number of benzene rings is 1. The number of nitrogens with one attached hydrogen (secondary N) is 1. The van der Waals surface area contributed by atoms with E-state index >= 15 is 0 Å². The molecule has 1 aromatic rings. The zero-order chi connectivity index (χ0) is 17.0. The monoisotopic (exact) mass is 468 g/mol. The smallest absolute Gasteiger partial charge is 0.390 e. The Balaban J connectivity index is 0.00000288. The van der Waals surface area contributed by atoms with Crippen molar-refractivity contribution in [1.29, 1.82) is 0 Å². The summed E-state index contributed by atoms with van der Waals surface area (Å²) in [5.41, 5.74) is 0.484. The Hall–Kier alpha value is -0.410. The number of aromatic hydroxyl groups is 1. The highest BCUT2D eigenvalue weighted by Gasteiger charge is 2.36. The molecule has 1 heterocycles. The van der Waals surface area contributed by atoms with Crippen molar-refractivity contribution in [3.05, 3.63) is 22.2 Å². The number of piperazine rings is 1. The van der Waals surface area contributed by atoms with E-state index in [4.69, 9.17) is 4.74 Å². The number of phenolic OH excluding ortho intramolecular Hbond substituents is 1. The molecule has 1 aromatic carbocycles. The van der Waals surface area contributed by atoms with Gasteiger partial charge in [-0.3, -0.25) is 4.90 Å². The molecule has 0 aliphatic carbocycles. The summed E-state index contributed by atoms with van der Waals surface area (Å²) in [6.45, 7) is 4.48. The first-order chi connectivity index (χ1) is 10.8. The zero-order valence-electron chi connectivity index (χ0n) is 13.6. The molecule has 0 amide bonds. The van der Waals surface area contributed by atoms with Crippen molar-refractivity contribution in [2.45, 2.75) is 25.6 Å². The molecule has 4 nitrogen and oxygen atoms in total. The molecule has 0 aromatic heterocycles. The maximum absolute atomic E-state index is 13.0. The van der Waals surface area contributed by atoms with Crippen LogP contribution < -0.4 is 10.1 Å². The molecule has 25 heavy (non-hydrogen) atoms. The second kappa shape index (κ2) is 10.7. The summed E-state index contributed by atoms with van der Waals surface area (Å²) in [6.07, 6.45) is -5.21. The SMILES string of the molecule is CCOc1cc([C@@H](CC(F)(F)F)N2CCNCC2)cc(Br)c1O.Cl.Cl. The Morgan fingerprint density at radius 2 is 1.88 bits per heavy atom. The summed E-state index contributed by atoms with van der Waals surface area (Å²) in [6, 6.07) is 2.24. The third-order valence-corrected chi connectivity index (χ3v) is 4.36. The lowest BCUT2D eigenvalue weighted by Crippen LogP contribution is -2.46. The average molecular weight is 470 g/mol. The third kappa shape index (κ3) is 7.02. The van der Waals surface area contributed by atoms with Crippen LogP contribution in [0.5, 0.6) is 11.5 Å². The van der Waals surface area contributed by atoms with Crippen LogP contribution in [0.15, 0.2) is 16.6 Å². The molecule has 0 spiro atoms. The Kier molecular flexibility index (Phi) is 10.5. The summed E-state index contributed by atoms with van der Waals surface area (Å²) in [7, 11) is 0. The van der Waals surface area contributed by atoms with Gasteiger partial charge in [0.2, 0.25) is 0 Å². The fourth-order valence-electron chi connectivity index (χ4n) is 2.72. The van der Waals surface area contributed by atoms with E-state index in [1.54, 1.807) is 6.92 Å². The van der Waals surface area contributed by atoms with Crippen LogP contribution in [0.1, 0.15) is 24.9 Å². The molecule has 2 rings (SSSR count). The number of rotatable bonds is 5. The van der Waals surface area contributed by atoms with Gasteiger partial charge in [0.1, 0.15) is 0 Å². The van der Waals surface area contributed by atoms with Crippen LogP contribution in [0.3, 0.4) is 0 Å². The van der Waals surface area contributed by atoms with Crippen molar-refractivity contribution in [1.82, 2.24) is 10.2 Å². The Morgan fingerprint density at radius 1 is 1.28 bits per heavy atom. The van der Waals surface area contributed by atoms with Gasteiger partial charge < -0.3 is 15.2 Å². The van der Waals surface area contributed by atoms with Crippen LogP contribution in [0.2, 0.25) is 0 Å². The maximum Gasteiger partial charge on any atom is 0.390 e. The van der Waals surface area contributed by atoms with Gasteiger partial charge in [0.15, 0.2) is 11.5 Å². The van der Waals surface area contributed by atoms with Crippen molar-refractivity contribution in [3.8, 4) is 11.5 Å². The number of ether oxygens (including phenoxy) is 1. The zero-order valence-corrected chi connectivity index (χ0v) is 16.8. The lowest BCUT2D eigenvalue weighted by Gasteiger charge is -2.36. The van der Waals surface area contributed by atoms with Gasteiger partial charge >= 0.3 is 6.18 Å². The molecule has 10 heteroatoms. The van der Waals surface area contributed by atoms with Crippen LogP contribution >= 0.6 is 40.7 Å². The van der Waals surface area contributed by atoms with E-state index in [-0.39, 0.29) is 36.3 Å². The highest BCUT2D eigenvalue weighted by Crippen LogP contribution is 2.41. The Morgan fingerprint density at radius 3 is 2.40 bits per heavy atom. The molecule has 0 radical (unpaired) electrons. The maximum atomic E-state index is 13.0. The first-order valence-corrected chi connectivity index (χ1v) is 8.28. The van der Waals surface area contributed by atoms with Gasteiger partial charge in [-0.1, -0.05) is 0 Å². The Labute approximate surface area is 166 Å². The largest absolute Gasteiger partial charge is 0.503 e. The average Bonchev–Trinajstić information content (AvgIpc) is 2.49. The van der Waals surface area contributed by atoms with Crippen LogP contribution in [-0.2, 0) is 0 Å². The second-order valence-corrected chi connectivity index (χ2v) is 6.26. The highest BCUT2D eigenvalue weighted by atomic mass is 79.9. The molecule has 2 N–H and O–H groups in total. The Bertz CT molecular complexity index is 544. The lowest BCUT2D eigenvalue weighted by molar-refractivity contribution is -0.148. The summed E-state index contributed by atoms with van der Waals surface area (Å²) >= 11 is 3.20. The summed E-state index contributed by atoms with van der Waals surface area (Å²) < 4.78 is 44.8. The first kappa shape index (κ1) is 24.6. The fraction of sp³-hybridized carbons (Fsp3) is 0.600. The number of hydrogen-bond acceptors (Lipinski definition) is 4. The predicted octanol–water partition coefficient (Wildman–Crippen LogP) is 4.30. The van der Waals surface area contributed by atoms with Gasteiger partial charge in [-0.05, 0) is 40.5 Å². The molecule has 146 valence electrons. The van der Waals surface area contributed by atoms with E-state index in [2.05, 4.69) is 21.2 Å². The fourth-order valence-corrected chi connectivity index (χ4v) is 3.18. The number of hydrogen-bond donors (Lipinski definition) is 2. The van der Waals surface area contributed by atoms with Crippen molar-refractivity contribution in [2.75, 3.05) is 32.8 Å².